The van der Waals surface area contributed by atoms with Crippen LogP contribution in [0.1, 0.15) is 43.0 Å². The number of anilines is 1. The summed E-state index contributed by atoms with van der Waals surface area (Å²) >= 11 is 4.75. The molecule has 0 bridgehead atoms. The lowest BCUT2D eigenvalue weighted by atomic mass is 10.0. The molecule has 1 saturated heterocycles. The molecular formula is C22H28BrN3O3S. The largest absolute Gasteiger partial charge is 0.462 e. The van der Waals surface area contributed by atoms with E-state index in [2.05, 4.69) is 31.5 Å². The Morgan fingerprint density at radius 3 is 2.60 bits per heavy atom. The number of carbonyl (C=O) groups excluding carboxylic acids is 2. The first kappa shape index (κ1) is 22.8. The number of esters is 1. The molecule has 8 heteroatoms. The molecule has 0 aliphatic carbocycles. The first-order valence-corrected chi connectivity index (χ1v) is 12.1. The van der Waals surface area contributed by atoms with Crippen LogP contribution in [0.2, 0.25) is 0 Å². The highest BCUT2D eigenvalue weighted by molar-refractivity contribution is 9.10. The van der Waals surface area contributed by atoms with Gasteiger partial charge in [0.25, 0.3) is 0 Å². The average Bonchev–Trinajstić information content (AvgIpc) is 3.38. The summed E-state index contributed by atoms with van der Waals surface area (Å²) in [5.74, 6) is -0.433. The Bertz CT molecular complexity index is 848. The number of nitrogens with one attached hydrogen (secondary N) is 2. The van der Waals surface area contributed by atoms with Crippen molar-refractivity contribution < 1.29 is 14.3 Å². The highest BCUT2D eigenvalue weighted by atomic mass is 79.9. The van der Waals surface area contributed by atoms with Crippen molar-refractivity contribution in [3.05, 3.63) is 39.7 Å². The molecule has 1 aromatic heterocycles. The van der Waals surface area contributed by atoms with Crippen LogP contribution in [0.15, 0.2) is 34.1 Å². The fourth-order valence-corrected chi connectivity index (χ4v) is 4.73. The summed E-state index contributed by atoms with van der Waals surface area (Å²) in [6, 6.07) is 7.40. The van der Waals surface area contributed by atoms with Gasteiger partial charge in [-0.3, -0.25) is 5.32 Å². The van der Waals surface area contributed by atoms with Gasteiger partial charge >= 0.3 is 12.0 Å². The molecule has 30 heavy (non-hydrogen) atoms. The summed E-state index contributed by atoms with van der Waals surface area (Å²) in [5, 5.41) is 8.10. The lowest BCUT2D eigenvalue weighted by Gasteiger charge is -2.14. The quantitative estimate of drug-likeness (QED) is 0.364. The third kappa shape index (κ3) is 6.30. The Labute approximate surface area is 190 Å². The van der Waals surface area contributed by atoms with Crippen molar-refractivity contribution in [2.24, 2.45) is 0 Å². The average molecular weight is 494 g/mol. The van der Waals surface area contributed by atoms with Gasteiger partial charge in [0.1, 0.15) is 10.6 Å². The van der Waals surface area contributed by atoms with E-state index < -0.39 is 5.97 Å². The van der Waals surface area contributed by atoms with Gasteiger partial charge in [-0.15, -0.1) is 11.3 Å². The normalized spacial score (nSPS) is 13.9. The standard InChI is InChI=1S/C22H28BrN3O3S/c1-2-29-21(27)19-18(16-7-9-17(23)10-8-16)15-30-20(19)25-22(28)24-11-3-4-12-26-13-5-6-14-26/h7-10,15H,2-6,11-14H2,1H3,(H2,24,25,28). The summed E-state index contributed by atoms with van der Waals surface area (Å²) < 4.78 is 6.20. The van der Waals surface area contributed by atoms with Crippen molar-refractivity contribution in [1.29, 1.82) is 0 Å². The third-order valence-electron chi connectivity index (χ3n) is 5.04. The van der Waals surface area contributed by atoms with Gasteiger partial charge in [0, 0.05) is 22.0 Å². The molecule has 6 nitrogen and oxygen atoms in total. The maximum Gasteiger partial charge on any atom is 0.341 e. The molecule has 1 aliphatic rings. The van der Waals surface area contributed by atoms with Crippen LogP contribution >= 0.6 is 27.3 Å². The molecule has 0 unspecified atom stereocenters. The number of amides is 2. The van der Waals surface area contributed by atoms with Crippen LogP contribution in [0, 0.1) is 0 Å². The highest BCUT2D eigenvalue weighted by Crippen LogP contribution is 2.36. The fourth-order valence-electron chi connectivity index (χ4n) is 3.51. The van der Waals surface area contributed by atoms with E-state index in [1.54, 1.807) is 6.92 Å². The van der Waals surface area contributed by atoms with Crippen molar-refractivity contribution in [3.8, 4) is 11.1 Å². The summed E-state index contributed by atoms with van der Waals surface area (Å²) in [4.78, 5) is 27.4. The summed E-state index contributed by atoms with van der Waals surface area (Å²) in [5.41, 5.74) is 2.05. The number of halogens is 1. The van der Waals surface area contributed by atoms with E-state index in [1.807, 2.05) is 29.6 Å². The number of carbonyl (C=O) groups is 2. The van der Waals surface area contributed by atoms with Crippen molar-refractivity contribution in [2.45, 2.75) is 32.6 Å². The summed E-state index contributed by atoms with van der Waals surface area (Å²) in [6.45, 7) is 6.15. The number of nitrogens with zero attached hydrogens (tertiary/aromatic N) is 1. The van der Waals surface area contributed by atoms with Gasteiger partial charge in [-0.25, -0.2) is 9.59 Å². The molecule has 2 aromatic rings. The number of urea groups is 1. The summed E-state index contributed by atoms with van der Waals surface area (Å²) in [6.07, 6.45) is 4.60. The minimum atomic E-state index is -0.433. The van der Waals surface area contributed by atoms with Crippen LogP contribution in [-0.4, -0.2) is 49.7 Å². The minimum Gasteiger partial charge on any atom is -0.462 e. The third-order valence-corrected chi connectivity index (χ3v) is 6.46. The second-order valence-corrected chi connectivity index (χ2v) is 9.01. The van der Waals surface area contributed by atoms with Crippen LogP contribution in [0.3, 0.4) is 0 Å². The molecule has 2 amide bonds. The number of thiophene rings is 1. The Kier molecular flexibility index (Phi) is 8.72. The zero-order chi connectivity index (χ0) is 21.3. The van der Waals surface area contributed by atoms with Gasteiger partial charge in [-0.1, -0.05) is 28.1 Å². The van der Waals surface area contributed by atoms with Crippen LogP contribution in [0.5, 0.6) is 0 Å². The van der Waals surface area contributed by atoms with Crippen molar-refractivity contribution in [1.82, 2.24) is 10.2 Å². The van der Waals surface area contributed by atoms with Crippen molar-refractivity contribution >= 4 is 44.3 Å². The van der Waals surface area contributed by atoms with Gasteiger partial charge in [0.15, 0.2) is 0 Å². The highest BCUT2D eigenvalue weighted by Gasteiger charge is 2.22. The first-order valence-electron chi connectivity index (χ1n) is 10.4. The maximum absolute atomic E-state index is 12.6. The number of unbranched alkanes of at least 4 members (excludes halogenated alkanes) is 1. The second-order valence-electron chi connectivity index (χ2n) is 7.22. The van der Waals surface area contributed by atoms with E-state index in [4.69, 9.17) is 4.74 Å². The van der Waals surface area contributed by atoms with E-state index in [0.717, 1.165) is 35.0 Å². The smallest absolute Gasteiger partial charge is 0.341 e. The van der Waals surface area contributed by atoms with Gasteiger partial charge in [-0.05, 0) is 69.9 Å². The van der Waals surface area contributed by atoms with E-state index >= 15 is 0 Å². The van der Waals surface area contributed by atoms with Crippen LogP contribution in [0.4, 0.5) is 9.80 Å². The minimum absolute atomic E-state index is 0.275. The summed E-state index contributed by atoms with van der Waals surface area (Å²) in [7, 11) is 0. The zero-order valence-electron chi connectivity index (χ0n) is 17.2. The molecule has 0 radical (unpaired) electrons. The number of hydrogen-bond donors (Lipinski definition) is 2. The molecule has 1 aromatic carbocycles. The van der Waals surface area contributed by atoms with Crippen LogP contribution in [-0.2, 0) is 4.74 Å². The predicted molar refractivity (Wildman–Crippen MR) is 125 cm³/mol. The molecule has 0 atom stereocenters. The number of rotatable bonds is 9. The van der Waals surface area contributed by atoms with Crippen LogP contribution < -0.4 is 10.6 Å². The van der Waals surface area contributed by atoms with E-state index in [0.29, 0.717) is 17.1 Å². The van der Waals surface area contributed by atoms with E-state index in [9.17, 15) is 9.59 Å². The Morgan fingerprint density at radius 1 is 1.17 bits per heavy atom. The number of hydrogen-bond acceptors (Lipinski definition) is 5. The lowest BCUT2D eigenvalue weighted by Crippen LogP contribution is -2.30. The fraction of sp³-hybridized carbons (Fsp3) is 0.455. The molecule has 0 spiro atoms. The molecule has 3 rings (SSSR count). The SMILES string of the molecule is CCOC(=O)c1c(-c2ccc(Br)cc2)csc1NC(=O)NCCCCN1CCCC1. The molecular weight excluding hydrogens is 466 g/mol. The molecule has 1 aliphatic heterocycles. The molecule has 162 valence electrons. The Hall–Kier alpha value is -1.90. The van der Waals surface area contributed by atoms with Crippen LogP contribution in [0.25, 0.3) is 11.1 Å². The van der Waals surface area contributed by atoms with Gasteiger partial charge in [-0.2, -0.15) is 0 Å². The van der Waals surface area contributed by atoms with Gasteiger partial charge < -0.3 is 15.0 Å². The Morgan fingerprint density at radius 2 is 1.90 bits per heavy atom. The monoisotopic (exact) mass is 493 g/mol. The topological polar surface area (TPSA) is 70.7 Å². The Balaban J connectivity index is 1.59. The number of likely N-dealkylation sites (tertiary alicyclic amines) is 1. The van der Waals surface area contributed by atoms with Crippen molar-refractivity contribution in [3.63, 3.8) is 0 Å². The molecule has 1 fully saturated rings. The van der Waals surface area contributed by atoms with Gasteiger partial charge in [0.05, 0.1) is 6.61 Å². The van der Waals surface area contributed by atoms with E-state index in [1.165, 1.54) is 37.3 Å². The maximum atomic E-state index is 12.6. The first-order chi connectivity index (χ1) is 14.6. The van der Waals surface area contributed by atoms with Gasteiger partial charge in [0.2, 0.25) is 0 Å². The molecule has 2 N–H and O–H groups in total. The molecule has 2 heterocycles. The number of benzene rings is 1. The second kappa shape index (κ2) is 11.5. The van der Waals surface area contributed by atoms with Crippen molar-refractivity contribution in [2.75, 3.05) is 38.1 Å². The lowest BCUT2D eigenvalue weighted by molar-refractivity contribution is 0.0529. The molecule has 0 saturated carbocycles. The van der Waals surface area contributed by atoms with E-state index in [-0.39, 0.29) is 12.6 Å². The number of ether oxygens (including phenoxy) is 1. The predicted octanol–water partition coefficient (Wildman–Crippen LogP) is 5.35. The zero-order valence-corrected chi connectivity index (χ0v) is 19.6.